The van der Waals surface area contributed by atoms with Gasteiger partial charge in [-0.15, -0.1) is 24.0 Å². The number of piperidine rings is 1. The molecule has 1 aliphatic heterocycles. The van der Waals surface area contributed by atoms with E-state index in [1.54, 1.807) is 0 Å². The van der Waals surface area contributed by atoms with Crippen molar-refractivity contribution in [1.29, 1.82) is 0 Å². The summed E-state index contributed by atoms with van der Waals surface area (Å²) in [6, 6.07) is 8.46. The number of halogens is 2. The van der Waals surface area contributed by atoms with Crippen molar-refractivity contribution in [3.63, 3.8) is 0 Å². The summed E-state index contributed by atoms with van der Waals surface area (Å²) in [5.74, 6) is 1.70. The van der Waals surface area contributed by atoms with Gasteiger partial charge in [-0.1, -0.05) is 35.0 Å². The molecule has 24 heavy (non-hydrogen) atoms. The number of hydrogen-bond donors (Lipinski definition) is 1. The Bertz CT molecular complexity index is 506. The molecule has 1 aliphatic rings. The number of guanidine groups is 1. The van der Waals surface area contributed by atoms with Crippen LogP contribution in [0.1, 0.15) is 25.3 Å². The second-order valence-corrected chi connectivity index (χ2v) is 7.23. The Labute approximate surface area is 172 Å². The van der Waals surface area contributed by atoms with Crippen LogP contribution in [-0.4, -0.2) is 56.0 Å². The maximum Gasteiger partial charge on any atom is 0.193 e. The predicted octanol–water partition coefficient (Wildman–Crippen LogP) is 3.81. The van der Waals surface area contributed by atoms with Gasteiger partial charge in [-0.05, 0) is 49.5 Å². The van der Waals surface area contributed by atoms with Crippen LogP contribution in [0.4, 0.5) is 0 Å². The number of nitrogens with one attached hydrogen (secondary N) is 1. The summed E-state index contributed by atoms with van der Waals surface area (Å²) in [7, 11) is 3.95. The molecule has 4 nitrogen and oxygen atoms in total. The molecule has 0 amide bonds. The summed E-state index contributed by atoms with van der Waals surface area (Å²) in [6.45, 7) is 7.74. The minimum Gasteiger partial charge on any atom is -0.356 e. The predicted molar refractivity (Wildman–Crippen MR) is 117 cm³/mol. The first kappa shape index (κ1) is 21.7. The van der Waals surface area contributed by atoms with E-state index in [0.717, 1.165) is 36.0 Å². The van der Waals surface area contributed by atoms with Crippen molar-refractivity contribution < 1.29 is 0 Å². The molecule has 0 aromatic heterocycles. The molecule has 2 rings (SSSR count). The van der Waals surface area contributed by atoms with E-state index in [-0.39, 0.29) is 24.0 Å². The summed E-state index contributed by atoms with van der Waals surface area (Å²) >= 11 is 3.48. The Kier molecular flexibility index (Phi) is 10.2. The van der Waals surface area contributed by atoms with Gasteiger partial charge >= 0.3 is 0 Å². The van der Waals surface area contributed by atoms with Gasteiger partial charge in [0.15, 0.2) is 5.96 Å². The van der Waals surface area contributed by atoms with E-state index >= 15 is 0 Å². The van der Waals surface area contributed by atoms with Gasteiger partial charge in [-0.2, -0.15) is 0 Å². The van der Waals surface area contributed by atoms with Gasteiger partial charge in [0.2, 0.25) is 0 Å². The summed E-state index contributed by atoms with van der Waals surface area (Å²) in [6.07, 6.45) is 2.63. The van der Waals surface area contributed by atoms with Gasteiger partial charge in [0.25, 0.3) is 0 Å². The van der Waals surface area contributed by atoms with Gasteiger partial charge < -0.3 is 15.1 Å². The molecule has 1 unspecified atom stereocenters. The molecule has 0 spiro atoms. The molecule has 1 N–H and O–H groups in total. The Morgan fingerprint density at radius 1 is 1.38 bits per heavy atom. The third kappa shape index (κ3) is 6.88. The molecule has 1 heterocycles. The maximum atomic E-state index is 4.43. The Hall–Kier alpha value is -0.340. The van der Waals surface area contributed by atoms with Crippen LogP contribution in [0.15, 0.2) is 33.7 Å². The molecule has 1 atom stereocenters. The first-order valence-electron chi connectivity index (χ1n) is 8.51. The van der Waals surface area contributed by atoms with Crippen LogP contribution in [0.3, 0.4) is 0 Å². The fourth-order valence-electron chi connectivity index (χ4n) is 3.16. The normalized spacial score (nSPS) is 18.8. The van der Waals surface area contributed by atoms with Crippen LogP contribution in [0.5, 0.6) is 0 Å². The van der Waals surface area contributed by atoms with Gasteiger partial charge in [0, 0.05) is 38.2 Å². The lowest BCUT2D eigenvalue weighted by molar-refractivity contribution is 0.183. The first-order valence-corrected chi connectivity index (χ1v) is 9.30. The Morgan fingerprint density at radius 3 is 2.71 bits per heavy atom. The quantitative estimate of drug-likeness (QED) is 0.373. The zero-order valence-electron chi connectivity index (χ0n) is 15.0. The maximum absolute atomic E-state index is 4.43. The van der Waals surface area contributed by atoms with Crippen LogP contribution in [-0.2, 0) is 6.54 Å². The molecule has 1 aromatic rings. The zero-order chi connectivity index (χ0) is 16.7. The van der Waals surface area contributed by atoms with E-state index in [2.05, 4.69) is 74.3 Å². The summed E-state index contributed by atoms with van der Waals surface area (Å²) < 4.78 is 1.11. The van der Waals surface area contributed by atoms with E-state index < -0.39 is 0 Å². The highest BCUT2D eigenvalue weighted by molar-refractivity contribution is 14.0. The van der Waals surface area contributed by atoms with Crippen molar-refractivity contribution in [3.05, 3.63) is 34.3 Å². The molecule has 0 bridgehead atoms. The standard InChI is InChI=1S/C18H29BrN4.HI/c1-4-23-11-5-6-16(14-23)12-21-18(20-2)22(3)13-15-7-9-17(19)10-8-15;/h7-10,16H,4-6,11-14H2,1-3H3,(H,20,21);1H. The lowest BCUT2D eigenvalue weighted by Crippen LogP contribution is -2.44. The van der Waals surface area contributed by atoms with E-state index in [1.165, 1.54) is 31.5 Å². The fourth-order valence-corrected chi connectivity index (χ4v) is 3.43. The Balaban J connectivity index is 0.00000288. The minimum atomic E-state index is 0. The van der Waals surface area contributed by atoms with E-state index in [0.29, 0.717) is 0 Å². The molecule has 0 radical (unpaired) electrons. The molecule has 1 saturated heterocycles. The largest absolute Gasteiger partial charge is 0.356 e. The van der Waals surface area contributed by atoms with Crippen molar-refractivity contribution in [2.75, 3.05) is 40.3 Å². The smallest absolute Gasteiger partial charge is 0.193 e. The van der Waals surface area contributed by atoms with Gasteiger partial charge in [-0.3, -0.25) is 4.99 Å². The topological polar surface area (TPSA) is 30.9 Å². The molecule has 0 saturated carbocycles. The zero-order valence-corrected chi connectivity index (χ0v) is 18.9. The van der Waals surface area contributed by atoms with Crippen LogP contribution in [0, 0.1) is 5.92 Å². The average molecular weight is 509 g/mol. The molecular formula is C18H30BrIN4. The number of benzene rings is 1. The SMILES string of the molecule is CCN1CCCC(CNC(=NC)N(C)Cc2ccc(Br)cc2)C1.I. The molecule has 6 heteroatoms. The third-order valence-corrected chi connectivity index (χ3v) is 5.03. The monoisotopic (exact) mass is 508 g/mol. The van der Waals surface area contributed by atoms with Crippen molar-refractivity contribution >= 4 is 45.9 Å². The van der Waals surface area contributed by atoms with E-state index in [9.17, 15) is 0 Å². The number of aliphatic imine (C=N–C) groups is 1. The van der Waals surface area contributed by atoms with Gasteiger partial charge in [0.05, 0.1) is 0 Å². The number of likely N-dealkylation sites (tertiary alicyclic amines) is 1. The lowest BCUT2D eigenvalue weighted by atomic mass is 9.98. The molecular weight excluding hydrogens is 479 g/mol. The highest BCUT2D eigenvalue weighted by Gasteiger charge is 2.19. The second kappa shape index (κ2) is 11.3. The van der Waals surface area contributed by atoms with Crippen LogP contribution < -0.4 is 5.32 Å². The van der Waals surface area contributed by atoms with Crippen LogP contribution in [0.25, 0.3) is 0 Å². The van der Waals surface area contributed by atoms with E-state index in [4.69, 9.17) is 0 Å². The van der Waals surface area contributed by atoms with Crippen molar-refractivity contribution in [2.24, 2.45) is 10.9 Å². The fraction of sp³-hybridized carbons (Fsp3) is 0.611. The summed E-state index contributed by atoms with van der Waals surface area (Å²) in [4.78, 5) is 9.16. The minimum absolute atomic E-state index is 0. The number of nitrogens with zero attached hydrogens (tertiary/aromatic N) is 3. The molecule has 136 valence electrons. The van der Waals surface area contributed by atoms with Crippen LogP contribution in [0.2, 0.25) is 0 Å². The van der Waals surface area contributed by atoms with Gasteiger partial charge in [0.1, 0.15) is 0 Å². The Morgan fingerprint density at radius 2 is 2.08 bits per heavy atom. The summed E-state index contributed by atoms with van der Waals surface area (Å²) in [5.41, 5.74) is 1.29. The van der Waals surface area contributed by atoms with Crippen molar-refractivity contribution in [1.82, 2.24) is 15.1 Å². The summed E-state index contributed by atoms with van der Waals surface area (Å²) in [5, 5.41) is 3.56. The van der Waals surface area contributed by atoms with Crippen molar-refractivity contribution in [3.8, 4) is 0 Å². The van der Waals surface area contributed by atoms with Gasteiger partial charge in [-0.25, -0.2) is 0 Å². The molecule has 1 fully saturated rings. The number of hydrogen-bond acceptors (Lipinski definition) is 2. The third-order valence-electron chi connectivity index (χ3n) is 4.51. The number of rotatable bonds is 5. The van der Waals surface area contributed by atoms with Crippen molar-refractivity contribution in [2.45, 2.75) is 26.3 Å². The van der Waals surface area contributed by atoms with E-state index in [1.807, 2.05) is 7.05 Å². The highest BCUT2D eigenvalue weighted by Crippen LogP contribution is 2.15. The first-order chi connectivity index (χ1) is 11.1. The lowest BCUT2D eigenvalue weighted by Gasteiger charge is -2.33. The second-order valence-electron chi connectivity index (χ2n) is 6.31. The highest BCUT2D eigenvalue weighted by atomic mass is 127. The molecule has 0 aliphatic carbocycles. The molecule has 1 aromatic carbocycles. The average Bonchev–Trinajstić information content (AvgIpc) is 2.57. The van der Waals surface area contributed by atoms with Crippen LogP contribution >= 0.6 is 39.9 Å².